The van der Waals surface area contributed by atoms with E-state index in [4.69, 9.17) is 10.5 Å². The van der Waals surface area contributed by atoms with Gasteiger partial charge in [0, 0.05) is 19.7 Å². The molecule has 2 rings (SSSR count). The first-order valence-corrected chi connectivity index (χ1v) is 7.74. The molecule has 18 heavy (non-hydrogen) atoms. The molecule has 106 valence electrons. The van der Waals surface area contributed by atoms with Crippen molar-refractivity contribution in [2.45, 2.75) is 57.5 Å². The standard InChI is InChI=1S/C15H30N2O/c1-17(11-14-7-3-6-10-18-14)13-15(12-16)8-4-2-5-9-15/h14H,2-13,16H2,1H3. The predicted octanol–water partition coefficient (Wildman–Crippen LogP) is 2.40. The van der Waals surface area contributed by atoms with Gasteiger partial charge in [-0.25, -0.2) is 0 Å². The molecule has 1 saturated carbocycles. The Hall–Kier alpha value is -0.120. The predicted molar refractivity (Wildman–Crippen MR) is 75.7 cm³/mol. The highest BCUT2D eigenvalue weighted by molar-refractivity contribution is 4.86. The Morgan fingerprint density at radius 2 is 1.94 bits per heavy atom. The molecule has 2 fully saturated rings. The summed E-state index contributed by atoms with van der Waals surface area (Å²) in [6.45, 7) is 4.05. The Morgan fingerprint density at radius 3 is 2.56 bits per heavy atom. The molecule has 3 nitrogen and oxygen atoms in total. The number of nitrogens with two attached hydrogens (primary N) is 1. The molecule has 1 unspecified atom stereocenters. The summed E-state index contributed by atoms with van der Waals surface area (Å²) in [5.74, 6) is 0. The lowest BCUT2D eigenvalue weighted by atomic mass is 9.73. The minimum absolute atomic E-state index is 0.391. The molecule has 0 radical (unpaired) electrons. The van der Waals surface area contributed by atoms with Crippen LogP contribution in [0, 0.1) is 5.41 Å². The van der Waals surface area contributed by atoms with E-state index >= 15 is 0 Å². The minimum Gasteiger partial charge on any atom is -0.377 e. The lowest BCUT2D eigenvalue weighted by Gasteiger charge is -2.40. The van der Waals surface area contributed by atoms with E-state index in [2.05, 4.69) is 11.9 Å². The van der Waals surface area contributed by atoms with Gasteiger partial charge >= 0.3 is 0 Å². The van der Waals surface area contributed by atoms with Gasteiger partial charge in [0.15, 0.2) is 0 Å². The van der Waals surface area contributed by atoms with Gasteiger partial charge in [0.2, 0.25) is 0 Å². The summed E-state index contributed by atoms with van der Waals surface area (Å²) in [6, 6.07) is 0. The quantitative estimate of drug-likeness (QED) is 0.819. The SMILES string of the molecule is CN(CC1CCCCO1)CC1(CN)CCCCC1. The zero-order chi connectivity index (χ0) is 12.8. The number of hydrogen-bond donors (Lipinski definition) is 1. The summed E-state index contributed by atoms with van der Waals surface area (Å²) in [5.41, 5.74) is 6.45. The summed E-state index contributed by atoms with van der Waals surface area (Å²) < 4.78 is 5.83. The largest absolute Gasteiger partial charge is 0.377 e. The van der Waals surface area contributed by atoms with Gasteiger partial charge < -0.3 is 15.4 Å². The summed E-state index contributed by atoms with van der Waals surface area (Å²) in [4.78, 5) is 2.47. The molecule has 1 atom stereocenters. The Morgan fingerprint density at radius 1 is 1.17 bits per heavy atom. The van der Waals surface area contributed by atoms with Gasteiger partial charge in [-0.2, -0.15) is 0 Å². The first-order valence-electron chi connectivity index (χ1n) is 7.74. The van der Waals surface area contributed by atoms with E-state index in [1.165, 1.54) is 51.4 Å². The van der Waals surface area contributed by atoms with Crippen LogP contribution in [0.15, 0.2) is 0 Å². The van der Waals surface area contributed by atoms with Crippen molar-refractivity contribution in [3.05, 3.63) is 0 Å². The minimum atomic E-state index is 0.391. The van der Waals surface area contributed by atoms with Crippen LogP contribution in [0.1, 0.15) is 51.4 Å². The van der Waals surface area contributed by atoms with Crippen molar-refractivity contribution in [3.63, 3.8) is 0 Å². The van der Waals surface area contributed by atoms with Crippen LogP contribution in [0.3, 0.4) is 0 Å². The fraction of sp³-hybridized carbons (Fsp3) is 1.00. The number of ether oxygens (including phenoxy) is 1. The van der Waals surface area contributed by atoms with Crippen LogP contribution in [0.4, 0.5) is 0 Å². The first-order chi connectivity index (χ1) is 8.74. The monoisotopic (exact) mass is 254 g/mol. The highest BCUT2D eigenvalue weighted by Crippen LogP contribution is 2.36. The fourth-order valence-electron chi connectivity index (χ4n) is 3.66. The summed E-state index contributed by atoms with van der Waals surface area (Å²) in [5, 5.41) is 0. The molecular formula is C15H30N2O. The lowest BCUT2D eigenvalue weighted by molar-refractivity contribution is -0.00988. The zero-order valence-electron chi connectivity index (χ0n) is 12.0. The molecule has 1 heterocycles. The van der Waals surface area contributed by atoms with E-state index in [1.807, 2.05) is 0 Å². The smallest absolute Gasteiger partial charge is 0.0701 e. The highest BCUT2D eigenvalue weighted by Gasteiger charge is 2.32. The van der Waals surface area contributed by atoms with Crippen molar-refractivity contribution in [1.82, 2.24) is 4.90 Å². The third-order valence-corrected chi connectivity index (χ3v) is 4.74. The molecule has 0 aromatic rings. The molecule has 0 aromatic heterocycles. The second-order valence-electron chi connectivity index (χ2n) is 6.45. The van der Waals surface area contributed by atoms with Crippen LogP contribution < -0.4 is 5.73 Å². The molecule has 1 aliphatic heterocycles. The second-order valence-corrected chi connectivity index (χ2v) is 6.45. The van der Waals surface area contributed by atoms with Gasteiger partial charge in [0.1, 0.15) is 0 Å². The Labute approximate surface area is 112 Å². The van der Waals surface area contributed by atoms with Crippen molar-refractivity contribution in [3.8, 4) is 0 Å². The molecule has 1 aliphatic carbocycles. The lowest BCUT2D eigenvalue weighted by Crippen LogP contribution is -2.45. The highest BCUT2D eigenvalue weighted by atomic mass is 16.5. The maximum atomic E-state index is 6.06. The topological polar surface area (TPSA) is 38.5 Å². The van der Waals surface area contributed by atoms with E-state index < -0.39 is 0 Å². The molecule has 0 amide bonds. The number of likely N-dealkylation sites (N-methyl/N-ethyl adjacent to an activating group) is 1. The van der Waals surface area contributed by atoms with Crippen molar-refractivity contribution >= 4 is 0 Å². The second kappa shape index (κ2) is 6.88. The van der Waals surface area contributed by atoms with E-state index in [9.17, 15) is 0 Å². The van der Waals surface area contributed by atoms with Crippen LogP contribution >= 0.6 is 0 Å². The van der Waals surface area contributed by atoms with E-state index in [0.717, 1.165) is 26.2 Å². The van der Waals surface area contributed by atoms with Crippen LogP contribution in [-0.2, 0) is 4.74 Å². The Kier molecular flexibility index (Phi) is 5.46. The number of rotatable bonds is 5. The van der Waals surface area contributed by atoms with Gasteiger partial charge in [-0.3, -0.25) is 0 Å². The molecule has 2 aliphatic rings. The first kappa shape index (κ1) is 14.3. The van der Waals surface area contributed by atoms with E-state index in [-0.39, 0.29) is 0 Å². The molecule has 0 spiro atoms. The van der Waals surface area contributed by atoms with E-state index in [0.29, 0.717) is 11.5 Å². The van der Waals surface area contributed by atoms with Gasteiger partial charge in [-0.1, -0.05) is 19.3 Å². The average molecular weight is 254 g/mol. The van der Waals surface area contributed by atoms with Crippen LogP contribution in [-0.4, -0.2) is 44.3 Å². The summed E-state index contributed by atoms with van der Waals surface area (Å²) >= 11 is 0. The van der Waals surface area contributed by atoms with E-state index in [1.54, 1.807) is 0 Å². The van der Waals surface area contributed by atoms with Gasteiger partial charge in [0.25, 0.3) is 0 Å². The van der Waals surface area contributed by atoms with Crippen LogP contribution in [0.5, 0.6) is 0 Å². The summed E-state index contributed by atoms with van der Waals surface area (Å²) in [7, 11) is 2.24. The normalized spacial score (nSPS) is 28.5. The van der Waals surface area contributed by atoms with Gasteiger partial charge in [-0.05, 0) is 51.1 Å². The van der Waals surface area contributed by atoms with Crippen LogP contribution in [0.2, 0.25) is 0 Å². The third kappa shape index (κ3) is 3.94. The average Bonchev–Trinajstić information content (AvgIpc) is 2.41. The zero-order valence-corrected chi connectivity index (χ0v) is 12.0. The van der Waals surface area contributed by atoms with Gasteiger partial charge in [0.05, 0.1) is 6.10 Å². The van der Waals surface area contributed by atoms with Crippen molar-refractivity contribution in [2.75, 3.05) is 33.3 Å². The maximum absolute atomic E-state index is 6.06. The number of hydrogen-bond acceptors (Lipinski definition) is 3. The molecule has 2 N–H and O–H groups in total. The molecule has 3 heteroatoms. The third-order valence-electron chi connectivity index (χ3n) is 4.74. The maximum Gasteiger partial charge on any atom is 0.0701 e. The molecule has 0 bridgehead atoms. The summed E-state index contributed by atoms with van der Waals surface area (Å²) in [6.07, 6.45) is 11.0. The molecule has 0 aromatic carbocycles. The van der Waals surface area contributed by atoms with Crippen molar-refractivity contribution < 1.29 is 4.74 Å². The number of nitrogens with zero attached hydrogens (tertiary/aromatic N) is 1. The van der Waals surface area contributed by atoms with Crippen molar-refractivity contribution in [1.29, 1.82) is 0 Å². The van der Waals surface area contributed by atoms with Crippen molar-refractivity contribution in [2.24, 2.45) is 11.1 Å². The molecular weight excluding hydrogens is 224 g/mol. The van der Waals surface area contributed by atoms with Crippen LogP contribution in [0.25, 0.3) is 0 Å². The Bertz CT molecular complexity index is 233. The molecule has 1 saturated heterocycles. The Balaban J connectivity index is 1.78. The fourth-order valence-corrected chi connectivity index (χ4v) is 3.66. The van der Waals surface area contributed by atoms with Gasteiger partial charge in [-0.15, -0.1) is 0 Å².